The van der Waals surface area contributed by atoms with Gasteiger partial charge in [-0.2, -0.15) is 0 Å². The molecule has 1 heterocycles. The van der Waals surface area contributed by atoms with Crippen LogP contribution in [0.5, 0.6) is 5.75 Å². The van der Waals surface area contributed by atoms with Crippen molar-refractivity contribution in [2.45, 2.75) is 38.1 Å². The lowest BCUT2D eigenvalue weighted by molar-refractivity contribution is -0.150. The summed E-state index contributed by atoms with van der Waals surface area (Å²) in [5.74, 6) is 0.792. The van der Waals surface area contributed by atoms with Crippen LogP contribution in [0.15, 0.2) is 24.3 Å². The van der Waals surface area contributed by atoms with Crippen LogP contribution in [0, 0.1) is 5.41 Å². The summed E-state index contributed by atoms with van der Waals surface area (Å²) in [6.07, 6.45) is 4.80. The molecule has 6 heteroatoms. The molecule has 0 bridgehead atoms. The van der Waals surface area contributed by atoms with E-state index in [9.17, 15) is 9.59 Å². The highest BCUT2D eigenvalue weighted by molar-refractivity contribution is 6.14. The minimum absolute atomic E-state index is 0.0378. The standard InChI is InChI=1S/C20H29N3O3/c1-22(2)14-13-21-18(24)17-20(11-5-4-6-12-20)19(25)23(17)15-7-9-16(26-3)10-8-15/h7-10,17H,4-6,11-14H2,1-3H3,(H,21,24). The number of rotatable bonds is 6. The summed E-state index contributed by atoms with van der Waals surface area (Å²) in [7, 11) is 5.57. The third-order valence-electron chi connectivity index (χ3n) is 5.63. The minimum atomic E-state index is -0.514. The predicted octanol–water partition coefficient (Wildman–Crippen LogP) is 2.04. The van der Waals surface area contributed by atoms with Crippen LogP contribution in [0.25, 0.3) is 0 Å². The number of methoxy groups -OCH3 is 1. The van der Waals surface area contributed by atoms with E-state index in [-0.39, 0.29) is 11.8 Å². The Kier molecular flexibility index (Phi) is 5.51. The number of hydrogen-bond acceptors (Lipinski definition) is 4. The van der Waals surface area contributed by atoms with Crippen LogP contribution in [0.1, 0.15) is 32.1 Å². The van der Waals surface area contributed by atoms with Crippen LogP contribution >= 0.6 is 0 Å². The van der Waals surface area contributed by atoms with E-state index in [0.717, 1.165) is 50.1 Å². The largest absolute Gasteiger partial charge is 0.497 e. The zero-order valence-corrected chi connectivity index (χ0v) is 16.0. The molecule has 1 saturated carbocycles. The Balaban J connectivity index is 1.82. The molecule has 1 aliphatic heterocycles. The summed E-state index contributed by atoms with van der Waals surface area (Å²) in [5.41, 5.74) is 0.250. The molecule has 3 rings (SSSR count). The number of β-lactam (4-membered cyclic amide) rings is 1. The summed E-state index contributed by atoms with van der Waals surface area (Å²) >= 11 is 0. The first-order chi connectivity index (χ1) is 12.5. The maximum atomic E-state index is 13.1. The Bertz CT molecular complexity index is 651. The van der Waals surface area contributed by atoms with Crippen LogP contribution in [0.2, 0.25) is 0 Å². The molecule has 0 aromatic heterocycles. The third-order valence-corrected chi connectivity index (χ3v) is 5.63. The van der Waals surface area contributed by atoms with Gasteiger partial charge in [0, 0.05) is 18.8 Å². The van der Waals surface area contributed by atoms with Crippen molar-refractivity contribution in [3.63, 3.8) is 0 Å². The van der Waals surface area contributed by atoms with Crippen LogP contribution in [-0.4, -0.2) is 57.1 Å². The van der Waals surface area contributed by atoms with E-state index in [1.165, 1.54) is 0 Å². The van der Waals surface area contributed by atoms with E-state index in [1.807, 2.05) is 43.3 Å². The van der Waals surface area contributed by atoms with Gasteiger partial charge >= 0.3 is 0 Å². The van der Waals surface area contributed by atoms with Gasteiger partial charge in [-0.1, -0.05) is 19.3 Å². The number of carbonyl (C=O) groups excluding carboxylic acids is 2. The molecule has 0 radical (unpaired) electrons. The number of nitrogens with one attached hydrogen (secondary N) is 1. The molecule has 142 valence electrons. The van der Waals surface area contributed by atoms with Gasteiger partial charge in [-0.25, -0.2) is 0 Å². The molecule has 1 aromatic rings. The average molecular weight is 359 g/mol. The van der Waals surface area contributed by atoms with Gasteiger partial charge in [0.25, 0.3) is 0 Å². The van der Waals surface area contributed by atoms with Crippen LogP contribution in [0.3, 0.4) is 0 Å². The van der Waals surface area contributed by atoms with E-state index < -0.39 is 11.5 Å². The first-order valence-electron chi connectivity index (χ1n) is 9.40. The van der Waals surface area contributed by atoms with Gasteiger partial charge in [0.1, 0.15) is 11.8 Å². The van der Waals surface area contributed by atoms with E-state index in [2.05, 4.69) is 5.32 Å². The summed E-state index contributed by atoms with van der Waals surface area (Å²) < 4.78 is 5.20. The Hall–Kier alpha value is -2.08. The predicted molar refractivity (Wildman–Crippen MR) is 101 cm³/mol. The zero-order valence-electron chi connectivity index (χ0n) is 16.0. The maximum Gasteiger partial charge on any atom is 0.244 e. The van der Waals surface area contributed by atoms with E-state index in [4.69, 9.17) is 4.74 Å². The molecule has 26 heavy (non-hydrogen) atoms. The minimum Gasteiger partial charge on any atom is -0.497 e. The lowest BCUT2D eigenvalue weighted by Crippen LogP contribution is -2.74. The lowest BCUT2D eigenvalue weighted by Gasteiger charge is -2.56. The summed E-state index contributed by atoms with van der Waals surface area (Å²) in [5, 5.41) is 3.03. The van der Waals surface area contributed by atoms with Crippen molar-refractivity contribution in [2.75, 3.05) is 39.2 Å². The molecule has 2 amide bonds. The number of anilines is 1. The Morgan fingerprint density at radius 1 is 1.23 bits per heavy atom. The van der Waals surface area contributed by atoms with Crippen molar-refractivity contribution in [1.29, 1.82) is 0 Å². The van der Waals surface area contributed by atoms with Crippen LogP contribution in [-0.2, 0) is 9.59 Å². The molecule has 1 aromatic carbocycles. The molecule has 6 nitrogen and oxygen atoms in total. The zero-order chi connectivity index (χ0) is 18.7. The molecule has 1 saturated heterocycles. The Morgan fingerprint density at radius 3 is 2.46 bits per heavy atom. The molecule has 2 aliphatic rings. The molecule has 1 spiro atoms. The Labute approximate surface area is 155 Å². The maximum absolute atomic E-state index is 13.1. The summed E-state index contributed by atoms with van der Waals surface area (Å²) in [6.45, 7) is 1.37. The third kappa shape index (κ3) is 3.30. The fraction of sp³-hybridized carbons (Fsp3) is 0.600. The van der Waals surface area contributed by atoms with E-state index in [1.54, 1.807) is 12.0 Å². The highest BCUT2D eigenvalue weighted by atomic mass is 16.5. The molecule has 1 unspecified atom stereocenters. The van der Waals surface area contributed by atoms with Crippen molar-refractivity contribution in [3.05, 3.63) is 24.3 Å². The lowest BCUT2D eigenvalue weighted by atomic mass is 9.61. The molecule has 1 N–H and O–H groups in total. The van der Waals surface area contributed by atoms with Gasteiger partial charge < -0.3 is 15.0 Å². The molecular formula is C20H29N3O3. The van der Waals surface area contributed by atoms with Crippen molar-refractivity contribution in [3.8, 4) is 5.75 Å². The van der Waals surface area contributed by atoms with Gasteiger partial charge in [-0.3, -0.25) is 14.5 Å². The molecular weight excluding hydrogens is 330 g/mol. The number of nitrogens with zero attached hydrogens (tertiary/aromatic N) is 2. The average Bonchev–Trinajstić information content (AvgIpc) is 2.66. The second kappa shape index (κ2) is 7.66. The van der Waals surface area contributed by atoms with Gasteiger partial charge in [0.2, 0.25) is 11.8 Å². The van der Waals surface area contributed by atoms with Gasteiger partial charge in [0.05, 0.1) is 12.5 Å². The smallest absolute Gasteiger partial charge is 0.244 e. The number of carbonyl (C=O) groups is 2. The first kappa shape index (κ1) is 18.7. The molecule has 1 aliphatic carbocycles. The topological polar surface area (TPSA) is 61.9 Å². The van der Waals surface area contributed by atoms with Gasteiger partial charge in [0.15, 0.2) is 0 Å². The number of hydrogen-bond donors (Lipinski definition) is 1. The number of likely N-dealkylation sites (N-methyl/N-ethyl adjacent to an activating group) is 1. The Morgan fingerprint density at radius 2 is 1.88 bits per heavy atom. The summed E-state index contributed by atoms with van der Waals surface area (Å²) in [4.78, 5) is 29.8. The van der Waals surface area contributed by atoms with Crippen molar-refractivity contribution in [2.24, 2.45) is 5.41 Å². The number of ether oxygens (including phenoxy) is 1. The quantitative estimate of drug-likeness (QED) is 0.790. The number of benzene rings is 1. The van der Waals surface area contributed by atoms with Crippen molar-refractivity contribution >= 4 is 17.5 Å². The fourth-order valence-corrected chi connectivity index (χ4v) is 4.20. The normalized spacial score (nSPS) is 21.6. The molecule has 2 fully saturated rings. The highest BCUT2D eigenvalue weighted by Gasteiger charge is 2.63. The van der Waals surface area contributed by atoms with Crippen LogP contribution < -0.4 is 15.0 Å². The monoisotopic (exact) mass is 359 g/mol. The second-order valence-corrected chi connectivity index (χ2v) is 7.59. The molecule has 1 atom stereocenters. The van der Waals surface area contributed by atoms with E-state index in [0.29, 0.717) is 6.54 Å². The van der Waals surface area contributed by atoms with Crippen molar-refractivity contribution in [1.82, 2.24) is 10.2 Å². The van der Waals surface area contributed by atoms with Crippen molar-refractivity contribution < 1.29 is 14.3 Å². The highest BCUT2D eigenvalue weighted by Crippen LogP contribution is 2.51. The SMILES string of the molecule is COc1ccc(N2C(=O)C3(CCCCC3)C2C(=O)NCCN(C)C)cc1. The van der Waals surface area contributed by atoms with E-state index >= 15 is 0 Å². The van der Waals surface area contributed by atoms with Gasteiger partial charge in [-0.05, 0) is 51.2 Å². The first-order valence-corrected chi connectivity index (χ1v) is 9.40. The number of amides is 2. The fourth-order valence-electron chi connectivity index (χ4n) is 4.20. The second-order valence-electron chi connectivity index (χ2n) is 7.59. The van der Waals surface area contributed by atoms with Gasteiger partial charge in [-0.15, -0.1) is 0 Å². The van der Waals surface area contributed by atoms with Crippen LogP contribution in [0.4, 0.5) is 5.69 Å². The summed E-state index contributed by atoms with van der Waals surface area (Å²) in [6, 6.07) is 6.95.